The summed E-state index contributed by atoms with van der Waals surface area (Å²) in [6, 6.07) is 9.77. The lowest BCUT2D eigenvalue weighted by molar-refractivity contribution is 0.102. The van der Waals surface area contributed by atoms with Crippen LogP contribution in [0, 0.1) is 6.92 Å². The van der Waals surface area contributed by atoms with Crippen molar-refractivity contribution in [3.8, 4) is 0 Å². The molecule has 20 heavy (non-hydrogen) atoms. The van der Waals surface area contributed by atoms with Gasteiger partial charge in [-0.15, -0.1) is 0 Å². The first-order valence-corrected chi connectivity index (χ1v) is 7.36. The lowest BCUT2D eigenvalue weighted by atomic mass is 10.2. The zero-order valence-corrected chi connectivity index (χ0v) is 12.2. The van der Waals surface area contributed by atoms with Crippen LogP contribution in [-0.4, -0.2) is 12.3 Å². The van der Waals surface area contributed by atoms with Crippen LogP contribution in [0.3, 0.4) is 0 Å². The molecule has 0 saturated heterocycles. The summed E-state index contributed by atoms with van der Waals surface area (Å²) >= 11 is 1.63. The van der Waals surface area contributed by atoms with E-state index in [0.717, 1.165) is 11.6 Å². The van der Waals surface area contributed by atoms with Crippen LogP contribution in [0.15, 0.2) is 57.0 Å². The molecule has 0 fully saturated rings. The van der Waals surface area contributed by atoms with E-state index in [1.165, 1.54) is 22.4 Å². The van der Waals surface area contributed by atoms with Crippen molar-refractivity contribution in [2.75, 3.05) is 11.4 Å². The summed E-state index contributed by atoms with van der Waals surface area (Å²) in [4.78, 5) is 15.5. The molecule has 2 heterocycles. The maximum absolute atomic E-state index is 12.1. The number of carbonyl (C=O) groups excluding carboxylic acids is 1. The maximum atomic E-state index is 12.1. The van der Waals surface area contributed by atoms with Gasteiger partial charge in [0.15, 0.2) is 5.76 Å². The molecule has 0 atom stereocenters. The normalized spacial score (nSPS) is 15.7. The Morgan fingerprint density at radius 1 is 1.40 bits per heavy atom. The van der Waals surface area contributed by atoms with E-state index in [1.54, 1.807) is 30.0 Å². The monoisotopic (exact) mass is 285 g/mol. The van der Waals surface area contributed by atoms with Crippen LogP contribution < -0.4 is 4.90 Å². The van der Waals surface area contributed by atoms with E-state index in [2.05, 4.69) is 36.9 Å². The van der Waals surface area contributed by atoms with Gasteiger partial charge in [0.1, 0.15) is 0 Å². The first kappa shape index (κ1) is 13.1. The molecule has 0 saturated carbocycles. The van der Waals surface area contributed by atoms with E-state index in [-0.39, 0.29) is 5.78 Å². The number of allylic oxidation sites excluding steroid dienone is 1. The van der Waals surface area contributed by atoms with Gasteiger partial charge >= 0.3 is 0 Å². The second kappa shape index (κ2) is 5.21. The molecule has 0 bridgehead atoms. The fourth-order valence-corrected chi connectivity index (χ4v) is 3.39. The van der Waals surface area contributed by atoms with Crippen molar-refractivity contribution < 1.29 is 9.21 Å². The number of hydrogen-bond acceptors (Lipinski definition) is 4. The average molecular weight is 285 g/mol. The summed E-state index contributed by atoms with van der Waals surface area (Å²) in [7, 11) is 0. The summed E-state index contributed by atoms with van der Waals surface area (Å²) < 4.78 is 5.15. The van der Waals surface area contributed by atoms with Crippen molar-refractivity contribution in [3.63, 3.8) is 0 Å². The zero-order valence-electron chi connectivity index (χ0n) is 11.4. The molecule has 0 unspecified atom stereocenters. The molecule has 0 radical (unpaired) electrons. The van der Waals surface area contributed by atoms with Gasteiger partial charge in [0, 0.05) is 17.5 Å². The number of rotatable bonds is 3. The molecule has 3 rings (SSSR count). The molecule has 1 aliphatic heterocycles. The SMILES string of the molecule is CCN1C(=CC(=O)c2ccco2)Sc2ccc(C)cc21. The van der Waals surface area contributed by atoms with E-state index in [1.807, 2.05) is 0 Å². The number of hydrogen-bond donors (Lipinski definition) is 0. The molecule has 0 amide bonds. The summed E-state index contributed by atoms with van der Waals surface area (Å²) in [5, 5.41) is 0.953. The largest absolute Gasteiger partial charge is 0.461 e. The molecular weight excluding hydrogens is 270 g/mol. The van der Waals surface area contributed by atoms with Crippen LogP contribution >= 0.6 is 11.8 Å². The van der Waals surface area contributed by atoms with E-state index in [9.17, 15) is 4.79 Å². The zero-order chi connectivity index (χ0) is 14.1. The fourth-order valence-electron chi connectivity index (χ4n) is 2.25. The molecule has 1 aromatic heterocycles. The molecule has 1 aromatic carbocycles. The Balaban J connectivity index is 1.94. The van der Waals surface area contributed by atoms with Crippen LogP contribution in [-0.2, 0) is 0 Å². The van der Waals surface area contributed by atoms with Gasteiger partial charge in [-0.25, -0.2) is 0 Å². The highest BCUT2D eigenvalue weighted by Gasteiger charge is 2.25. The molecule has 3 nitrogen and oxygen atoms in total. The highest BCUT2D eigenvalue weighted by Crippen LogP contribution is 2.46. The third-order valence-corrected chi connectivity index (χ3v) is 4.33. The standard InChI is InChI=1S/C16H15NO2S/c1-3-17-12-9-11(2)6-7-15(12)20-16(17)10-13(18)14-5-4-8-19-14/h4-10H,3H2,1-2H3. The number of furan rings is 1. The van der Waals surface area contributed by atoms with Gasteiger partial charge < -0.3 is 9.32 Å². The highest BCUT2D eigenvalue weighted by molar-refractivity contribution is 8.03. The molecule has 102 valence electrons. The third-order valence-electron chi connectivity index (χ3n) is 3.22. The van der Waals surface area contributed by atoms with Crippen molar-refractivity contribution >= 4 is 23.2 Å². The van der Waals surface area contributed by atoms with Crippen molar-refractivity contribution in [2.45, 2.75) is 18.7 Å². The lowest BCUT2D eigenvalue weighted by Crippen LogP contribution is -2.17. The average Bonchev–Trinajstić information content (AvgIpc) is 3.05. The van der Waals surface area contributed by atoms with Crippen LogP contribution in [0.1, 0.15) is 23.0 Å². The second-order valence-corrected chi connectivity index (χ2v) is 5.70. The van der Waals surface area contributed by atoms with Crippen molar-refractivity contribution in [1.29, 1.82) is 0 Å². The molecule has 4 heteroatoms. The van der Waals surface area contributed by atoms with Gasteiger partial charge in [-0.05, 0) is 43.7 Å². The minimum atomic E-state index is -0.0968. The van der Waals surface area contributed by atoms with Crippen molar-refractivity contribution in [1.82, 2.24) is 0 Å². The lowest BCUT2D eigenvalue weighted by Gasteiger charge is -2.18. The van der Waals surface area contributed by atoms with Crippen molar-refractivity contribution in [2.24, 2.45) is 0 Å². The number of carbonyl (C=O) groups is 1. The van der Waals surface area contributed by atoms with Crippen LogP contribution in [0.4, 0.5) is 5.69 Å². The molecule has 0 spiro atoms. The van der Waals surface area contributed by atoms with E-state index in [4.69, 9.17) is 4.42 Å². The predicted molar refractivity (Wildman–Crippen MR) is 81.2 cm³/mol. The number of benzene rings is 1. The predicted octanol–water partition coefficient (Wildman–Crippen LogP) is 4.24. The number of thioether (sulfide) groups is 1. The number of fused-ring (bicyclic) bond motifs is 1. The van der Waals surface area contributed by atoms with Gasteiger partial charge in [-0.1, -0.05) is 17.8 Å². The summed E-state index contributed by atoms with van der Waals surface area (Å²) in [6.07, 6.45) is 3.17. The van der Waals surface area contributed by atoms with Gasteiger partial charge in [-0.3, -0.25) is 4.79 Å². The highest BCUT2D eigenvalue weighted by atomic mass is 32.2. The summed E-state index contributed by atoms with van der Waals surface area (Å²) in [5.74, 6) is 0.279. The molecule has 0 N–H and O–H groups in total. The Kier molecular flexibility index (Phi) is 3.40. The number of aryl methyl sites for hydroxylation is 1. The summed E-state index contributed by atoms with van der Waals surface area (Å²) in [5.41, 5.74) is 2.40. The fraction of sp³-hybridized carbons (Fsp3) is 0.188. The third kappa shape index (κ3) is 2.27. The van der Waals surface area contributed by atoms with Crippen molar-refractivity contribution in [3.05, 3.63) is 59.0 Å². The van der Waals surface area contributed by atoms with Gasteiger partial charge in [0.05, 0.1) is 17.0 Å². The topological polar surface area (TPSA) is 33.5 Å². The number of nitrogens with zero attached hydrogens (tertiary/aromatic N) is 1. The number of anilines is 1. The maximum Gasteiger partial charge on any atom is 0.223 e. The first-order valence-electron chi connectivity index (χ1n) is 6.54. The molecule has 0 aliphatic carbocycles. The van der Waals surface area contributed by atoms with Crippen LogP contribution in [0.2, 0.25) is 0 Å². The van der Waals surface area contributed by atoms with Gasteiger partial charge in [-0.2, -0.15) is 0 Å². The summed E-state index contributed by atoms with van der Waals surface area (Å²) in [6.45, 7) is 5.00. The molecular formula is C16H15NO2S. The Hall–Kier alpha value is -1.94. The Bertz CT molecular complexity index is 674. The Morgan fingerprint density at radius 2 is 2.25 bits per heavy atom. The van der Waals surface area contributed by atoms with E-state index >= 15 is 0 Å². The van der Waals surface area contributed by atoms with Gasteiger partial charge in [0.2, 0.25) is 5.78 Å². The smallest absolute Gasteiger partial charge is 0.223 e. The Morgan fingerprint density at radius 3 is 2.95 bits per heavy atom. The minimum Gasteiger partial charge on any atom is -0.461 e. The first-order chi connectivity index (χ1) is 9.69. The second-order valence-electron chi connectivity index (χ2n) is 4.64. The van der Waals surface area contributed by atoms with Crippen LogP contribution in [0.25, 0.3) is 0 Å². The quantitative estimate of drug-likeness (QED) is 0.623. The minimum absolute atomic E-state index is 0.0968. The molecule has 1 aliphatic rings. The van der Waals surface area contributed by atoms with E-state index in [0.29, 0.717) is 5.76 Å². The van der Waals surface area contributed by atoms with E-state index < -0.39 is 0 Å². The molecule has 2 aromatic rings. The Labute approximate surface area is 122 Å². The number of ketones is 1. The van der Waals surface area contributed by atoms with Gasteiger partial charge in [0.25, 0.3) is 0 Å². The van der Waals surface area contributed by atoms with Crippen LogP contribution in [0.5, 0.6) is 0 Å².